The molecule has 0 spiro atoms. The second-order valence-corrected chi connectivity index (χ2v) is 10.0. The number of carbonyl (C=O) groups is 1. The average Bonchev–Trinajstić information content (AvgIpc) is 3.40. The molecule has 1 aliphatic heterocycles. The minimum Gasteiger partial charge on any atom is -0.337 e. The molecule has 0 bridgehead atoms. The monoisotopic (exact) mass is 453 g/mol. The van der Waals surface area contributed by atoms with Crippen LogP contribution in [0, 0.1) is 19.8 Å². The number of thiazole rings is 1. The third kappa shape index (κ3) is 4.91. The van der Waals surface area contributed by atoms with Gasteiger partial charge in [-0.25, -0.2) is 4.98 Å². The molecule has 32 heavy (non-hydrogen) atoms. The van der Waals surface area contributed by atoms with Crippen molar-refractivity contribution >= 4 is 17.2 Å². The second-order valence-electron chi connectivity index (χ2n) is 8.95. The van der Waals surface area contributed by atoms with Crippen molar-refractivity contribution in [2.24, 2.45) is 5.92 Å². The fourth-order valence-electron chi connectivity index (χ4n) is 3.92. The summed E-state index contributed by atoms with van der Waals surface area (Å²) in [5, 5.41) is 5.21. The van der Waals surface area contributed by atoms with E-state index in [-0.39, 0.29) is 11.9 Å². The maximum atomic E-state index is 13.1. The summed E-state index contributed by atoms with van der Waals surface area (Å²) in [4.78, 5) is 27.3. The smallest absolute Gasteiger partial charge is 0.265 e. The Bertz CT molecular complexity index is 1060. The zero-order valence-electron chi connectivity index (χ0n) is 19.5. The largest absolute Gasteiger partial charge is 0.337 e. The van der Waals surface area contributed by atoms with Gasteiger partial charge in [-0.3, -0.25) is 9.69 Å². The Balaban J connectivity index is 1.37. The first-order valence-corrected chi connectivity index (χ1v) is 12.0. The summed E-state index contributed by atoms with van der Waals surface area (Å²) in [6, 6.07) is 8.10. The third-order valence-corrected chi connectivity index (χ3v) is 7.04. The van der Waals surface area contributed by atoms with Crippen LogP contribution in [0.1, 0.15) is 58.6 Å². The van der Waals surface area contributed by atoms with Gasteiger partial charge in [0.25, 0.3) is 5.91 Å². The van der Waals surface area contributed by atoms with Gasteiger partial charge in [-0.1, -0.05) is 48.8 Å². The van der Waals surface area contributed by atoms with Crippen LogP contribution in [0.25, 0.3) is 11.4 Å². The van der Waals surface area contributed by atoms with Crippen LogP contribution >= 0.6 is 11.3 Å². The van der Waals surface area contributed by atoms with Crippen molar-refractivity contribution in [1.29, 1.82) is 0 Å². The molecule has 1 amide bonds. The summed E-state index contributed by atoms with van der Waals surface area (Å²) in [7, 11) is 0. The van der Waals surface area contributed by atoms with E-state index in [1.807, 2.05) is 36.1 Å². The summed E-state index contributed by atoms with van der Waals surface area (Å²) in [5.74, 6) is 1.85. The van der Waals surface area contributed by atoms with Gasteiger partial charge >= 0.3 is 0 Å². The Kier molecular flexibility index (Phi) is 6.71. The number of rotatable bonds is 6. The van der Waals surface area contributed by atoms with Crippen LogP contribution in [-0.2, 0) is 6.42 Å². The summed E-state index contributed by atoms with van der Waals surface area (Å²) in [5.41, 5.74) is 2.99. The van der Waals surface area contributed by atoms with E-state index in [1.54, 1.807) is 11.3 Å². The summed E-state index contributed by atoms with van der Waals surface area (Å²) in [6.07, 6.45) is 0.916. The molecule has 4 rings (SSSR count). The molecule has 0 aliphatic carbocycles. The Labute approximate surface area is 193 Å². The van der Waals surface area contributed by atoms with Gasteiger partial charge in [0.2, 0.25) is 11.7 Å². The lowest BCUT2D eigenvalue weighted by molar-refractivity contribution is 0.0555. The van der Waals surface area contributed by atoms with Gasteiger partial charge in [0, 0.05) is 38.2 Å². The van der Waals surface area contributed by atoms with E-state index in [2.05, 4.69) is 47.7 Å². The molecule has 0 radical (unpaired) electrons. The first kappa shape index (κ1) is 22.6. The first-order valence-electron chi connectivity index (χ1n) is 11.2. The normalized spacial score (nSPS) is 16.0. The predicted molar refractivity (Wildman–Crippen MR) is 126 cm³/mol. The van der Waals surface area contributed by atoms with Crippen molar-refractivity contribution in [1.82, 2.24) is 24.9 Å². The van der Waals surface area contributed by atoms with Crippen LogP contribution < -0.4 is 0 Å². The highest BCUT2D eigenvalue weighted by atomic mass is 32.1. The van der Waals surface area contributed by atoms with Crippen molar-refractivity contribution in [3.05, 3.63) is 51.3 Å². The van der Waals surface area contributed by atoms with Crippen LogP contribution in [0.4, 0.5) is 0 Å². The Morgan fingerprint density at radius 1 is 1.06 bits per heavy atom. The van der Waals surface area contributed by atoms with Gasteiger partial charge in [0.15, 0.2) is 0 Å². The molecular formula is C24H31N5O2S. The fraction of sp³-hybridized carbons (Fsp3) is 0.500. The Morgan fingerprint density at radius 2 is 1.75 bits per heavy atom. The van der Waals surface area contributed by atoms with Crippen LogP contribution in [0.2, 0.25) is 0 Å². The van der Waals surface area contributed by atoms with Crippen molar-refractivity contribution in [2.75, 3.05) is 26.2 Å². The van der Waals surface area contributed by atoms with Gasteiger partial charge < -0.3 is 9.42 Å². The first-order chi connectivity index (χ1) is 15.3. The number of piperazine rings is 1. The number of hydrogen-bond acceptors (Lipinski definition) is 7. The summed E-state index contributed by atoms with van der Waals surface area (Å²) in [6.45, 7) is 13.3. The molecule has 1 aromatic carbocycles. The molecule has 0 N–H and O–H groups in total. The molecule has 1 unspecified atom stereocenters. The van der Waals surface area contributed by atoms with Crippen LogP contribution in [0.5, 0.6) is 0 Å². The summed E-state index contributed by atoms with van der Waals surface area (Å²) >= 11 is 1.55. The maximum absolute atomic E-state index is 13.1. The quantitative estimate of drug-likeness (QED) is 0.546. The van der Waals surface area contributed by atoms with Gasteiger partial charge in [0.1, 0.15) is 4.88 Å². The molecule has 170 valence electrons. The van der Waals surface area contributed by atoms with Gasteiger partial charge in [-0.05, 0) is 26.7 Å². The van der Waals surface area contributed by atoms with Crippen LogP contribution in [-0.4, -0.2) is 57.0 Å². The molecule has 3 heterocycles. The zero-order valence-corrected chi connectivity index (χ0v) is 20.3. The average molecular weight is 454 g/mol. The molecule has 1 saturated heterocycles. The van der Waals surface area contributed by atoms with Gasteiger partial charge in [0.05, 0.1) is 16.7 Å². The molecule has 1 aliphatic rings. The van der Waals surface area contributed by atoms with Gasteiger partial charge in [-0.2, -0.15) is 4.98 Å². The minimum atomic E-state index is 0.00161. The van der Waals surface area contributed by atoms with Crippen molar-refractivity contribution in [3.8, 4) is 11.4 Å². The van der Waals surface area contributed by atoms with E-state index < -0.39 is 0 Å². The predicted octanol–water partition coefficient (Wildman–Crippen LogP) is 4.53. The van der Waals surface area contributed by atoms with Crippen molar-refractivity contribution in [3.63, 3.8) is 0 Å². The molecule has 1 atom stereocenters. The fourth-order valence-corrected chi connectivity index (χ4v) is 5.17. The number of amides is 1. The Morgan fingerprint density at radius 3 is 2.41 bits per heavy atom. The van der Waals surface area contributed by atoms with E-state index in [0.717, 1.165) is 40.7 Å². The van der Waals surface area contributed by atoms with E-state index in [4.69, 9.17) is 4.52 Å². The number of carbonyl (C=O) groups excluding carboxylic acids is 1. The molecule has 0 saturated carbocycles. The molecule has 1 fully saturated rings. The Hall–Kier alpha value is -2.58. The standard InChI is InChI=1S/C24H31N5O2S/c1-15(2)14-20-25-17(4)21(32-20)24(30)29-12-10-28(11-13-29)18(5)23-26-22(27-31-23)19-8-6-16(3)7-9-19/h6-9,15,18H,10-14H2,1-5H3. The molecule has 8 heteroatoms. The van der Waals surface area contributed by atoms with Crippen molar-refractivity contribution in [2.45, 2.75) is 47.1 Å². The molecular weight excluding hydrogens is 422 g/mol. The minimum absolute atomic E-state index is 0.00161. The van der Waals surface area contributed by atoms with E-state index >= 15 is 0 Å². The molecule has 3 aromatic rings. The zero-order chi connectivity index (χ0) is 22.8. The number of aryl methyl sites for hydroxylation is 2. The van der Waals surface area contributed by atoms with Crippen molar-refractivity contribution < 1.29 is 9.32 Å². The molecule has 7 nitrogen and oxygen atoms in total. The second kappa shape index (κ2) is 9.50. The summed E-state index contributed by atoms with van der Waals surface area (Å²) < 4.78 is 5.57. The SMILES string of the molecule is Cc1ccc(-c2noc(C(C)N3CCN(C(=O)c4sc(CC(C)C)nc4C)CC3)n2)cc1. The lowest BCUT2D eigenvalue weighted by atomic mass is 10.1. The highest BCUT2D eigenvalue weighted by molar-refractivity contribution is 7.13. The number of benzene rings is 1. The lowest BCUT2D eigenvalue weighted by Crippen LogP contribution is -2.49. The lowest BCUT2D eigenvalue weighted by Gasteiger charge is -2.36. The van der Waals surface area contributed by atoms with Crippen LogP contribution in [0.3, 0.4) is 0 Å². The highest BCUT2D eigenvalue weighted by Crippen LogP contribution is 2.26. The van der Waals surface area contributed by atoms with Crippen LogP contribution in [0.15, 0.2) is 28.8 Å². The highest BCUT2D eigenvalue weighted by Gasteiger charge is 2.29. The number of hydrogen-bond donors (Lipinski definition) is 0. The third-order valence-electron chi connectivity index (χ3n) is 5.88. The topological polar surface area (TPSA) is 75.4 Å². The number of nitrogens with zero attached hydrogens (tertiary/aromatic N) is 5. The van der Waals surface area contributed by atoms with E-state index in [1.165, 1.54) is 5.56 Å². The maximum Gasteiger partial charge on any atom is 0.265 e. The van der Waals surface area contributed by atoms with E-state index in [9.17, 15) is 4.79 Å². The number of aromatic nitrogens is 3. The van der Waals surface area contributed by atoms with Gasteiger partial charge in [-0.15, -0.1) is 11.3 Å². The molecule has 2 aromatic heterocycles. The van der Waals surface area contributed by atoms with E-state index in [0.29, 0.717) is 30.7 Å².